The van der Waals surface area contributed by atoms with Crippen LogP contribution >= 0.6 is 15.9 Å². The van der Waals surface area contributed by atoms with Gasteiger partial charge in [0, 0.05) is 23.4 Å². The molecule has 0 radical (unpaired) electrons. The van der Waals surface area contributed by atoms with Crippen LogP contribution in [0.15, 0.2) is 46.9 Å². The topological polar surface area (TPSA) is 81.9 Å². The summed E-state index contributed by atoms with van der Waals surface area (Å²) in [5.41, 5.74) is 0.873. The Kier molecular flexibility index (Phi) is 5.42. The van der Waals surface area contributed by atoms with Gasteiger partial charge in [-0.2, -0.15) is 4.68 Å². The van der Waals surface area contributed by atoms with Crippen LogP contribution < -0.4 is 5.32 Å². The van der Waals surface area contributed by atoms with E-state index in [0.717, 1.165) is 10.0 Å². The molecular weight excluding hydrogens is 441 g/mol. The fourth-order valence-electron chi connectivity index (χ4n) is 3.59. The maximum absolute atomic E-state index is 14.3. The van der Waals surface area contributed by atoms with E-state index in [2.05, 4.69) is 36.8 Å². The number of amides is 1. The molecule has 2 heterocycles. The lowest BCUT2D eigenvalue weighted by Crippen LogP contribution is -2.44. The van der Waals surface area contributed by atoms with Gasteiger partial charge in [-0.1, -0.05) is 28.1 Å². The minimum atomic E-state index is -0.710. The predicted octanol–water partition coefficient (Wildman–Crippen LogP) is 3.56. The lowest BCUT2D eigenvalue weighted by molar-refractivity contribution is -0.125. The first kappa shape index (κ1) is 19.7. The molecule has 1 saturated heterocycles. The van der Waals surface area contributed by atoms with Crippen molar-refractivity contribution in [3.8, 4) is 5.69 Å². The van der Waals surface area contributed by atoms with Gasteiger partial charge in [0.15, 0.2) is 5.82 Å². The van der Waals surface area contributed by atoms with E-state index in [4.69, 9.17) is 4.74 Å². The van der Waals surface area contributed by atoms with Crippen LogP contribution in [-0.4, -0.2) is 39.3 Å². The highest BCUT2D eigenvalue weighted by Gasteiger charge is 2.41. The summed E-state index contributed by atoms with van der Waals surface area (Å²) in [7, 11) is 0. The molecule has 1 amide bonds. The third kappa shape index (κ3) is 3.79. The first-order valence-electron chi connectivity index (χ1n) is 9.20. The summed E-state index contributed by atoms with van der Waals surface area (Å²) in [6, 6.07) is 12.1. The fraction of sp³-hybridized carbons (Fsp3) is 0.300. The molecule has 29 heavy (non-hydrogen) atoms. The Morgan fingerprint density at radius 2 is 1.93 bits per heavy atom. The second-order valence-electron chi connectivity index (χ2n) is 6.96. The van der Waals surface area contributed by atoms with Gasteiger partial charge in [-0.15, -0.1) is 5.10 Å². The Hall–Kier alpha value is -2.65. The van der Waals surface area contributed by atoms with Crippen LogP contribution in [0.4, 0.5) is 10.1 Å². The Balaban J connectivity index is 1.66. The largest absolute Gasteiger partial charge is 0.381 e. The standard InChI is InChI=1S/C20H19BrFN5O2/c1-13-24-25-26-27(13)18-12-16(6-7-17(18)22)23-19(28)20(8-10-29-11-9-20)14-2-4-15(21)5-3-14/h2-7,12H,8-11H2,1H3,(H,23,28). The number of aromatic nitrogens is 4. The number of nitrogens with one attached hydrogen (secondary N) is 1. The van der Waals surface area contributed by atoms with Gasteiger partial charge < -0.3 is 10.1 Å². The number of aryl methyl sites for hydroxylation is 1. The fourth-order valence-corrected chi connectivity index (χ4v) is 3.86. The van der Waals surface area contributed by atoms with Crippen LogP contribution in [0.5, 0.6) is 0 Å². The molecular formula is C20H19BrFN5O2. The molecule has 0 atom stereocenters. The predicted molar refractivity (Wildman–Crippen MR) is 108 cm³/mol. The van der Waals surface area contributed by atoms with Crippen molar-refractivity contribution in [3.63, 3.8) is 0 Å². The smallest absolute Gasteiger partial charge is 0.235 e. The minimum absolute atomic E-state index is 0.144. The SMILES string of the molecule is Cc1nnnn1-c1cc(NC(=O)C2(c3ccc(Br)cc3)CCOCC2)ccc1F. The number of anilines is 1. The zero-order valence-corrected chi connectivity index (χ0v) is 17.3. The summed E-state index contributed by atoms with van der Waals surface area (Å²) < 4.78 is 22.1. The number of halogens is 2. The molecule has 3 aromatic rings. The zero-order valence-electron chi connectivity index (χ0n) is 15.7. The number of carbonyl (C=O) groups is 1. The number of tetrazole rings is 1. The second-order valence-corrected chi connectivity index (χ2v) is 7.88. The lowest BCUT2D eigenvalue weighted by atomic mass is 9.73. The van der Waals surface area contributed by atoms with Crippen molar-refractivity contribution in [2.45, 2.75) is 25.2 Å². The number of rotatable bonds is 4. The van der Waals surface area contributed by atoms with Crippen LogP contribution in [0, 0.1) is 12.7 Å². The molecule has 0 spiro atoms. The van der Waals surface area contributed by atoms with Gasteiger partial charge in [0.1, 0.15) is 11.5 Å². The van der Waals surface area contributed by atoms with Crippen molar-refractivity contribution in [1.29, 1.82) is 0 Å². The van der Waals surface area contributed by atoms with E-state index in [0.29, 0.717) is 37.6 Å². The number of nitrogens with zero attached hydrogens (tertiary/aromatic N) is 4. The maximum atomic E-state index is 14.3. The Morgan fingerprint density at radius 3 is 2.59 bits per heavy atom. The molecule has 1 aromatic heterocycles. The molecule has 1 aliphatic heterocycles. The van der Waals surface area contributed by atoms with E-state index < -0.39 is 11.2 Å². The highest BCUT2D eigenvalue weighted by molar-refractivity contribution is 9.10. The minimum Gasteiger partial charge on any atom is -0.381 e. The number of hydrogen-bond donors (Lipinski definition) is 1. The third-order valence-electron chi connectivity index (χ3n) is 5.24. The van der Waals surface area contributed by atoms with E-state index in [1.165, 1.54) is 22.9 Å². The highest BCUT2D eigenvalue weighted by Crippen LogP contribution is 2.37. The van der Waals surface area contributed by atoms with Gasteiger partial charge in [-0.25, -0.2) is 4.39 Å². The molecule has 0 saturated carbocycles. The molecule has 0 aliphatic carbocycles. The van der Waals surface area contributed by atoms with E-state index in [1.54, 1.807) is 6.92 Å². The van der Waals surface area contributed by atoms with Gasteiger partial charge in [-0.3, -0.25) is 4.79 Å². The maximum Gasteiger partial charge on any atom is 0.235 e. The molecule has 150 valence electrons. The number of benzene rings is 2. The van der Waals surface area contributed by atoms with E-state index >= 15 is 0 Å². The van der Waals surface area contributed by atoms with E-state index in [9.17, 15) is 9.18 Å². The number of carbonyl (C=O) groups excluding carboxylic acids is 1. The average molecular weight is 460 g/mol. The van der Waals surface area contributed by atoms with Crippen molar-refractivity contribution in [1.82, 2.24) is 20.2 Å². The third-order valence-corrected chi connectivity index (χ3v) is 5.76. The molecule has 1 N–H and O–H groups in total. The molecule has 7 nitrogen and oxygen atoms in total. The molecule has 2 aromatic carbocycles. The van der Waals surface area contributed by atoms with Crippen molar-refractivity contribution in [2.75, 3.05) is 18.5 Å². The second kappa shape index (κ2) is 8.00. The van der Waals surface area contributed by atoms with Crippen LogP contribution in [0.25, 0.3) is 5.69 Å². The van der Waals surface area contributed by atoms with Crippen LogP contribution in [0.3, 0.4) is 0 Å². The summed E-state index contributed by atoms with van der Waals surface area (Å²) in [6.07, 6.45) is 1.14. The summed E-state index contributed by atoms with van der Waals surface area (Å²) in [4.78, 5) is 13.4. The van der Waals surface area contributed by atoms with E-state index in [-0.39, 0.29) is 11.6 Å². The average Bonchev–Trinajstić information content (AvgIpc) is 3.16. The van der Waals surface area contributed by atoms with Crippen molar-refractivity contribution < 1.29 is 13.9 Å². The molecule has 1 aliphatic rings. The van der Waals surface area contributed by atoms with Crippen LogP contribution in [-0.2, 0) is 14.9 Å². The Labute approximate surface area is 175 Å². The van der Waals surface area contributed by atoms with Crippen molar-refractivity contribution in [2.24, 2.45) is 0 Å². The summed E-state index contributed by atoms with van der Waals surface area (Å²) in [5, 5.41) is 14.1. The molecule has 4 rings (SSSR count). The van der Waals surface area contributed by atoms with Gasteiger partial charge in [0.2, 0.25) is 5.91 Å². The zero-order chi connectivity index (χ0) is 20.4. The van der Waals surface area contributed by atoms with Crippen molar-refractivity contribution >= 4 is 27.5 Å². The summed E-state index contributed by atoms with van der Waals surface area (Å²) in [5.74, 6) is -0.177. The number of hydrogen-bond acceptors (Lipinski definition) is 5. The quantitative estimate of drug-likeness (QED) is 0.644. The number of ether oxygens (including phenoxy) is 1. The Bertz CT molecular complexity index is 1030. The first-order valence-corrected chi connectivity index (χ1v) is 9.99. The monoisotopic (exact) mass is 459 g/mol. The van der Waals surface area contributed by atoms with Gasteiger partial charge >= 0.3 is 0 Å². The summed E-state index contributed by atoms with van der Waals surface area (Å²) >= 11 is 3.44. The van der Waals surface area contributed by atoms with Crippen LogP contribution in [0.2, 0.25) is 0 Å². The molecule has 1 fully saturated rings. The van der Waals surface area contributed by atoms with Crippen LogP contribution in [0.1, 0.15) is 24.2 Å². The highest BCUT2D eigenvalue weighted by atomic mass is 79.9. The summed E-state index contributed by atoms with van der Waals surface area (Å²) in [6.45, 7) is 2.68. The molecule has 0 bridgehead atoms. The lowest BCUT2D eigenvalue weighted by Gasteiger charge is -2.36. The molecule has 0 unspecified atom stereocenters. The van der Waals surface area contributed by atoms with Gasteiger partial charge in [0.05, 0.1) is 5.41 Å². The molecule has 9 heteroatoms. The van der Waals surface area contributed by atoms with Gasteiger partial charge in [0.25, 0.3) is 0 Å². The Morgan fingerprint density at radius 1 is 1.21 bits per heavy atom. The van der Waals surface area contributed by atoms with Gasteiger partial charge in [-0.05, 0) is 66.1 Å². The van der Waals surface area contributed by atoms with Crippen molar-refractivity contribution in [3.05, 3.63) is 64.1 Å². The normalized spacial score (nSPS) is 15.8. The first-order chi connectivity index (χ1) is 14.0. The van der Waals surface area contributed by atoms with E-state index in [1.807, 2.05) is 24.3 Å².